The highest BCUT2D eigenvalue weighted by Crippen LogP contribution is 2.25. The Labute approximate surface area is 151 Å². The lowest BCUT2D eigenvalue weighted by Crippen LogP contribution is -2.20. The van der Waals surface area contributed by atoms with E-state index in [4.69, 9.17) is 33.1 Å². The number of carbonyl (C=O) groups excluding carboxylic acids is 1. The molecule has 1 amide bonds. The number of rotatable bonds is 5. The van der Waals surface area contributed by atoms with Crippen molar-refractivity contribution in [3.8, 4) is 5.75 Å². The van der Waals surface area contributed by atoms with Crippen molar-refractivity contribution in [2.45, 2.75) is 0 Å². The molecule has 0 aliphatic carbocycles. The highest BCUT2D eigenvalue weighted by atomic mass is 79.9. The highest BCUT2D eigenvalue weighted by Gasteiger charge is 2.08. The minimum Gasteiger partial charge on any atom is -0.483 e. The van der Waals surface area contributed by atoms with E-state index in [-0.39, 0.29) is 12.5 Å². The van der Waals surface area contributed by atoms with Crippen molar-refractivity contribution in [3.05, 3.63) is 56.5 Å². The third kappa shape index (κ3) is 5.13. The molecule has 0 unspecified atom stereocenters. The van der Waals surface area contributed by atoms with Gasteiger partial charge in [-0.05, 0) is 36.4 Å². The molecule has 0 atom stereocenters. The van der Waals surface area contributed by atoms with E-state index in [2.05, 4.69) is 26.4 Å². The molecule has 0 spiro atoms. The Kier molecular flexibility index (Phi) is 6.27. The van der Waals surface area contributed by atoms with Crippen LogP contribution < -0.4 is 10.1 Å². The summed E-state index contributed by atoms with van der Waals surface area (Å²) in [7, 11) is 0. The van der Waals surface area contributed by atoms with Crippen LogP contribution >= 0.6 is 39.1 Å². The lowest BCUT2D eigenvalue weighted by molar-refractivity contribution is -0.118. The van der Waals surface area contributed by atoms with E-state index in [1.807, 2.05) is 0 Å². The summed E-state index contributed by atoms with van der Waals surface area (Å²) in [5.41, 5.74) is 1.05. The van der Waals surface area contributed by atoms with Crippen molar-refractivity contribution in [2.24, 2.45) is 5.16 Å². The molecule has 0 saturated heterocycles. The van der Waals surface area contributed by atoms with Crippen LogP contribution in [0.5, 0.6) is 5.75 Å². The maximum absolute atomic E-state index is 11.9. The molecule has 2 rings (SSSR count). The van der Waals surface area contributed by atoms with Gasteiger partial charge in [-0.3, -0.25) is 4.79 Å². The summed E-state index contributed by atoms with van der Waals surface area (Å²) in [5.74, 6) is 0.0495. The molecule has 0 aliphatic rings. The van der Waals surface area contributed by atoms with Crippen LogP contribution in [0.3, 0.4) is 0 Å². The van der Waals surface area contributed by atoms with Crippen molar-refractivity contribution in [3.63, 3.8) is 0 Å². The molecule has 2 aromatic carbocycles. The lowest BCUT2D eigenvalue weighted by Gasteiger charge is -2.10. The fraction of sp³-hybridized carbons (Fsp3) is 0.0667. The third-order valence-corrected chi connectivity index (χ3v) is 3.96. The molecule has 0 bridgehead atoms. The van der Waals surface area contributed by atoms with Crippen LogP contribution in [-0.2, 0) is 4.79 Å². The monoisotopic (exact) mass is 416 g/mol. The van der Waals surface area contributed by atoms with Crippen LogP contribution in [0.2, 0.25) is 10.0 Å². The number of anilines is 1. The fourth-order valence-corrected chi connectivity index (χ4v) is 2.40. The summed E-state index contributed by atoms with van der Waals surface area (Å²) in [6.45, 7) is -0.214. The molecule has 2 N–H and O–H groups in total. The van der Waals surface area contributed by atoms with Crippen LogP contribution in [0.1, 0.15) is 5.56 Å². The second kappa shape index (κ2) is 8.19. The second-order valence-electron chi connectivity index (χ2n) is 4.39. The molecule has 0 radical (unpaired) electrons. The highest BCUT2D eigenvalue weighted by molar-refractivity contribution is 9.10. The third-order valence-electron chi connectivity index (χ3n) is 2.73. The molecule has 0 aromatic heterocycles. The van der Waals surface area contributed by atoms with Gasteiger partial charge in [0.15, 0.2) is 6.61 Å². The Morgan fingerprint density at radius 2 is 2.04 bits per heavy atom. The van der Waals surface area contributed by atoms with Gasteiger partial charge in [0.25, 0.3) is 5.91 Å². The zero-order valence-corrected chi connectivity index (χ0v) is 14.7. The molecular formula is C15H11BrCl2N2O3. The number of oxime groups is 1. The van der Waals surface area contributed by atoms with Gasteiger partial charge in [-0.2, -0.15) is 0 Å². The Morgan fingerprint density at radius 3 is 2.74 bits per heavy atom. The standard InChI is InChI=1S/C15H11BrCl2N2O3/c16-10-1-4-14(9(5-10)7-19-22)23-8-15(21)20-11-2-3-12(17)13(18)6-11/h1-7,22H,8H2,(H,20,21)/b19-7+. The summed E-state index contributed by atoms with van der Waals surface area (Å²) in [6.07, 6.45) is 1.22. The first-order valence-corrected chi connectivity index (χ1v) is 7.89. The quantitative estimate of drug-likeness (QED) is 0.424. The van der Waals surface area contributed by atoms with Gasteiger partial charge < -0.3 is 15.3 Å². The molecule has 0 aliphatic heterocycles. The molecule has 0 fully saturated rings. The normalized spacial score (nSPS) is 10.7. The lowest BCUT2D eigenvalue weighted by atomic mass is 10.2. The number of benzene rings is 2. The Morgan fingerprint density at radius 1 is 1.26 bits per heavy atom. The molecule has 0 heterocycles. The summed E-state index contributed by atoms with van der Waals surface area (Å²) < 4.78 is 6.23. The molecule has 0 saturated carbocycles. The molecule has 2 aromatic rings. The van der Waals surface area contributed by atoms with E-state index in [0.717, 1.165) is 4.47 Å². The number of amides is 1. The summed E-state index contributed by atoms with van der Waals surface area (Å²) >= 11 is 15.0. The number of hydrogen-bond acceptors (Lipinski definition) is 4. The van der Waals surface area contributed by atoms with Gasteiger partial charge in [0, 0.05) is 15.7 Å². The van der Waals surface area contributed by atoms with Gasteiger partial charge in [-0.15, -0.1) is 0 Å². The predicted octanol–water partition coefficient (Wildman–Crippen LogP) is 4.58. The molecule has 120 valence electrons. The van der Waals surface area contributed by atoms with Crippen LogP contribution in [-0.4, -0.2) is 23.9 Å². The van der Waals surface area contributed by atoms with Gasteiger partial charge in [0.05, 0.1) is 16.3 Å². The van der Waals surface area contributed by atoms with Gasteiger partial charge in [0.1, 0.15) is 5.75 Å². The van der Waals surface area contributed by atoms with Gasteiger partial charge >= 0.3 is 0 Å². The Hall–Kier alpha value is -1.76. The topological polar surface area (TPSA) is 70.9 Å². The molecule has 8 heteroatoms. The van der Waals surface area contributed by atoms with Crippen molar-refractivity contribution < 1.29 is 14.7 Å². The van der Waals surface area contributed by atoms with E-state index >= 15 is 0 Å². The minimum absolute atomic E-state index is 0.214. The number of nitrogens with zero attached hydrogens (tertiary/aromatic N) is 1. The average molecular weight is 418 g/mol. The van der Waals surface area contributed by atoms with Crippen molar-refractivity contribution in [2.75, 3.05) is 11.9 Å². The molecule has 23 heavy (non-hydrogen) atoms. The van der Waals surface area contributed by atoms with Crippen molar-refractivity contribution in [1.82, 2.24) is 0 Å². The Balaban J connectivity index is 2.00. The van der Waals surface area contributed by atoms with E-state index in [1.165, 1.54) is 6.21 Å². The number of hydrogen-bond donors (Lipinski definition) is 2. The number of halogens is 3. The first kappa shape index (κ1) is 17.6. The first-order chi connectivity index (χ1) is 11.0. The van der Waals surface area contributed by atoms with Gasteiger partial charge in [0.2, 0.25) is 0 Å². The average Bonchev–Trinajstić information content (AvgIpc) is 2.50. The zero-order chi connectivity index (χ0) is 16.8. The van der Waals surface area contributed by atoms with Crippen molar-refractivity contribution >= 4 is 56.9 Å². The zero-order valence-electron chi connectivity index (χ0n) is 11.6. The fourth-order valence-electron chi connectivity index (χ4n) is 1.73. The number of nitrogens with one attached hydrogen (secondary N) is 1. The Bertz CT molecular complexity index is 753. The van der Waals surface area contributed by atoms with Gasteiger partial charge in [-0.25, -0.2) is 0 Å². The van der Waals surface area contributed by atoms with Crippen LogP contribution in [0, 0.1) is 0 Å². The summed E-state index contributed by atoms with van der Waals surface area (Å²) in [6, 6.07) is 9.88. The second-order valence-corrected chi connectivity index (χ2v) is 6.12. The van der Waals surface area contributed by atoms with Crippen LogP contribution in [0.15, 0.2) is 46.0 Å². The first-order valence-electron chi connectivity index (χ1n) is 6.34. The maximum atomic E-state index is 11.9. The van der Waals surface area contributed by atoms with E-state index in [0.29, 0.717) is 27.0 Å². The maximum Gasteiger partial charge on any atom is 0.262 e. The summed E-state index contributed by atoms with van der Waals surface area (Å²) in [5, 5.41) is 15.0. The predicted molar refractivity (Wildman–Crippen MR) is 94.1 cm³/mol. The summed E-state index contributed by atoms with van der Waals surface area (Å²) in [4.78, 5) is 11.9. The van der Waals surface area contributed by atoms with E-state index < -0.39 is 0 Å². The largest absolute Gasteiger partial charge is 0.483 e. The van der Waals surface area contributed by atoms with Crippen LogP contribution in [0.25, 0.3) is 0 Å². The SMILES string of the molecule is O=C(COc1ccc(Br)cc1/C=N/O)Nc1ccc(Cl)c(Cl)c1. The van der Waals surface area contributed by atoms with Gasteiger partial charge in [-0.1, -0.05) is 44.3 Å². The van der Waals surface area contributed by atoms with E-state index in [9.17, 15) is 4.79 Å². The minimum atomic E-state index is -0.363. The number of carbonyl (C=O) groups is 1. The molecular weight excluding hydrogens is 407 g/mol. The van der Waals surface area contributed by atoms with E-state index in [1.54, 1.807) is 36.4 Å². The smallest absolute Gasteiger partial charge is 0.262 e. The van der Waals surface area contributed by atoms with Crippen molar-refractivity contribution in [1.29, 1.82) is 0 Å². The van der Waals surface area contributed by atoms with Crippen LogP contribution in [0.4, 0.5) is 5.69 Å². The molecule has 5 nitrogen and oxygen atoms in total. The number of ether oxygens (including phenoxy) is 1.